The molecule has 3 N–H and O–H groups in total. The Morgan fingerprint density at radius 2 is 2.35 bits per heavy atom. The number of aliphatic hydroxyl groups is 1. The normalized spacial score (nSPS) is 23.1. The highest BCUT2D eigenvalue weighted by molar-refractivity contribution is 4.79. The van der Waals surface area contributed by atoms with Crippen molar-refractivity contribution in [1.82, 2.24) is 4.90 Å². The largest absolute Gasteiger partial charge is 0.396 e. The molecule has 2 unspecified atom stereocenters. The number of nitrogens with zero attached hydrogens (tertiary/aromatic N) is 1. The fourth-order valence-electron chi connectivity index (χ4n) is 2.66. The van der Waals surface area contributed by atoms with E-state index in [9.17, 15) is 0 Å². The number of hydrogen-bond acceptors (Lipinski definition) is 4. The molecule has 1 aliphatic rings. The molecule has 1 aliphatic heterocycles. The van der Waals surface area contributed by atoms with Crippen LogP contribution in [0.15, 0.2) is 0 Å². The van der Waals surface area contributed by atoms with Crippen molar-refractivity contribution in [3.05, 3.63) is 0 Å². The summed E-state index contributed by atoms with van der Waals surface area (Å²) in [7, 11) is 0. The van der Waals surface area contributed by atoms with Crippen molar-refractivity contribution in [2.45, 2.75) is 51.2 Å². The van der Waals surface area contributed by atoms with Crippen LogP contribution >= 0.6 is 0 Å². The van der Waals surface area contributed by atoms with Crippen LogP contribution < -0.4 is 5.73 Å². The summed E-state index contributed by atoms with van der Waals surface area (Å²) in [6.07, 6.45) is 5.85. The fourth-order valence-corrected chi connectivity index (χ4v) is 2.66. The van der Waals surface area contributed by atoms with Gasteiger partial charge in [0.25, 0.3) is 0 Å². The molecular weight excluding hydrogens is 216 g/mol. The van der Waals surface area contributed by atoms with Crippen LogP contribution in [0.1, 0.15) is 39.0 Å². The summed E-state index contributed by atoms with van der Waals surface area (Å²) < 4.78 is 5.58. The standard InChI is InChI=1S/C13H28N2O2/c1-2-17-13(11-14)7-9-15-8-3-5-12(15)6-4-10-16/h12-13,16H,2-11,14H2,1H3. The Morgan fingerprint density at radius 3 is 3.00 bits per heavy atom. The number of aliphatic hydroxyl groups excluding tert-OH is 1. The van der Waals surface area contributed by atoms with Gasteiger partial charge >= 0.3 is 0 Å². The second kappa shape index (κ2) is 8.86. The van der Waals surface area contributed by atoms with Gasteiger partial charge in [-0.25, -0.2) is 0 Å². The summed E-state index contributed by atoms with van der Waals surface area (Å²) in [5.41, 5.74) is 5.68. The van der Waals surface area contributed by atoms with Gasteiger partial charge in [-0.3, -0.25) is 0 Å². The van der Waals surface area contributed by atoms with E-state index in [1.165, 1.54) is 19.4 Å². The highest BCUT2D eigenvalue weighted by Crippen LogP contribution is 2.21. The van der Waals surface area contributed by atoms with Gasteiger partial charge in [0.15, 0.2) is 0 Å². The number of nitrogens with two attached hydrogens (primary N) is 1. The predicted molar refractivity (Wildman–Crippen MR) is 70.0 cm³/mol. The summed E-state index contributed by atoms with van der Waals surface area (Å²) >= 11 is 0. The van der Waals surface area contributed by atoms with Gasteiger partial charge in [0, 0.05) is 32.3 Å². The van der Waals surface area contributed by atoms with E-state index in [1.807, 2.05) is 6.92 Å². The summed E-state index contributed by atoms with van der Waals surface area (Å²) in [5.74, 6) is 0. The maximum atomic E-state index is 8.88. The molecule has 0 amide bonds. The van der Waals surface area contributed by atoms with E-state index in [0.717, 1.165) is 32.4 Å². The van der Waals surface area contributed by atoms with Crippen LogP contribution in [0.3, 0.4) is 0 Å². The minimum absolute atomic E-state index is 0.207. The molecule has 1 saturated heterocycles. The Labute approximate surface area is 105 Å². The zero-order valence-corrected chi connectivity index (χ0v) is 11.1. The maximum absolute atomic E-state index is 8.88. The quantitative estimate of drug-likeness (QED) is 0.635. The Hall–Kier alpha value is -0.160. The summed E-state index contributed by atoms with van der Waals surface area (Å²) in [5, 5.41) is 8.88. The summed E-state index contributed by atoms with van der Waals surface area (Å²) in [4.78, 5) is 2.54. The lowest BCUT2D eigenvalue weighted by Gasteiger charge is -2.26. The van der Waals surface area contributed by atoms with Crippen LogP contribution in [0.25, 0.3) is 0 Å². The Bertz CT molecular complexity index is 190. The first-order valence-corrected chi connectivity index (χ1v) is 6.98. The zero-order valence-electron chi connectivity index (χ0n) is 11.1. The minimum Gasteiger partial charge on any atom is -0.396 e. The lowest BCUT2D eigenvalue weighted by Crippen LogP contribution is -2.34. The molecule has 2 atom stereocenters. The average molecular weight is 244 g/mol. The third kappa shape index (κ3) is 5.34. The molecular formula is C13H28N2O2. The number of rotatable bonds is 9. The molecule has 4 heteroatoms. The first-order chi connectivity index (χ1) is 8.31. The van der Waals surface area contributed by atoms with Crippen LogP contribution in [-0.2, 0) is 4.74 Å². The lowest BCUT2D eigenvalue weighted by molar-refractivity contribution is 0.0525. The summed E-state index contributed by atoms with van der Waals surface area (Å²) in [6.45, 7) is 5.97. The zero-order chi connectivity index (χ0) is 12.5. The minimum atomic E-state index is 0.207. The van der Waals surface area contributed by atoms with Crippen molar-refractivity contribution in [3.8, 4) is 0 Å². The molecule has 1 fully saturated rings. The van der Waals surface area contributed by atoms with E-state index in [-0.39, 0.29) is 6.10 Å². The van der Waals surface area contributed by atoms with Crippen molar-refractivity contribution in [2.75, 3.05) is 32.8 Å². The van der Waals surface area contributed by atoms with Gasteiger partial charge in [-0.1, -0.05) is 0 Å². The monoisotopic (exact) mass is 244 g/mol. The van der Waals surface area contributed by atoms with Gasteiger partial charge in [-0.05, 0) is 45.6 Å². The molecule has 0 aromatic heterocycles. The van der Waals surface area contributed by atoms with E-state index in [0.29, 0.717) is 19.2 Å². The second-order valence-corrected chi connectivity index (χ2v) is 4.80. The highest BCUT2D eigenvalue weighted by Gasteiger charge is 2.24. The smallest absolute Gasteiger partial charge is 0.0709 e. The van der Waals surface area contributed by atoms with Gasteiger partial charge in [0.05, 0.1) is 6.10 Å². The maximum Gasteiger partial charge on any atom is 0.0709 e. The van der Waals surface area contributed by atoms with Crippen molar-refractivity contribution in [1.29, 1.82) is 0 Å². The molecule has 1 rings (SSSR count). The predicted octanol–water partition coefficient (Wildman–Crippen LogP) is 0.977. The lowest BCUT2D eigenvalue weighted by atomic mass is 10.1. The fraction of sp³-hybridized carbons (Fsp3) is 1.00. The molecule has 0 bridgehead atoms. The average Bonchev–Trinajstić information content (AvgIpc) is 2.79. The van der Waals surface area contributed by atoms with E-state index < -0.39 is 0 Å². The molecule has 0 aliphatic carbocycles. The molecule has 1 heterocycles. The van der Waals surface area contributed by atoms with E-state index in [2.05, 4.69) is 4.90 Å². The Kier molecular flexibility index (Phi) is 7.77. The Balaban J connectivity index is 2.24. The van der Waals surface area contributed by atoms with Crippen molar-refractivity contribution in [3.63, 3.8) is 0 Å². The first kappa shape index (κ1) is 14.9. The molecule has 0 aromatic carbocycles. The molecule has 102 valence electrons. The van der Waals surface area contributed by atoms with Gasteiger partial charge in [0.1, 0.15) is 0 Å². The van der Waals surface area contributed by atoms with Gasteiger partial charge in [-0.2, -0.15) is 0 Å². The second-order valence-electron chi connectivity index (χ2n) is 4.80. The van der Waals surface area contributed by atoms with Crippen LogP contribution in [0, 0.1) is 0 Å². The summed E-state index contributed by atoms with van der Waals surface area (Å²) in [6, 6.07) is 0.669. The number of ether oxygens (including phenoxy) is 1. The van der Waals surface area contributed by atoms with Gasteiger partial charge in [-0.15, -0.1) is 0 Å². The van der Waals surface area contributed by atoms with Gasteiger partial charge < -0.3 is 20.5 Å². The van der Waals surface area contributed by atoms with Crippen LogP contribution in [0.5, 0.6) is 0 Å². The molecule has 0 radical (unpaired) electrons. The van der Waals surface area contributed by atoms with E-state index in [4.69, 9.17) is 15.6 Å². The van der Waals surface area contributed by atoms with Crippen molar-refractivity contribution in [2.24, 2.45) is 5.73 Å². The Morgan fingerprint density at radius 1 is 1.53 bits per heavy atom. The van der Waals surface area contributed by atoms with Crippen LogP contribution in [0.2, 0.25) is 0 Å². The third-order valence-electron chi connectivity index (χ3n) is 3.60. The molecule has 0 spiro atoms. The molecule has 17 heavy (non-hydrogen) atoms. The molecule has 4 nitrogen and oxygen atoms in total. The molecule has 0 aromatic rings. The van der Waals surface area contributed by atoms with E-state index >= 15 is 0 Å². The topological polar surface area (TPSA) is 58.7 Å². The van der Waals surface area contributed by atoms with Crippen LogP contribution in [0.4, 0.5) is 0 Å². The number of likely N-dealkylation sites (tertiary alicyclic amines) is 1. The van der Waals surface area contributed by atoms with Crippen LogP contribution in [-0.4, -0.2) is 55.0 Å². The van der Waals surface area contributed by atoms with Crippen molar-refractivity contribution >= 4 is 0 Å². The highest BCUT2D eigenvalue weighted by atomic mass is 16.5. The number of hydrogen-bond donors (Lipinski definition) is 2. The molecule has 0 saturated carbocycles. The first-order valence-electron chi connectivity index (χ1n) is 6.98. The van der Waals surface area contributed by atoms with Gasteiger partial charge in [0.2, 0.25) is 0 Å². The van der Waals surface area contributed by atoms with Crippen molar-refractivity contribution < 1.29 is 9.84 Å². The SMILES string of the molecule is CCOC(CN)CCN1CCCC1CCCO. The van der Waals surface area contributed by atoms with E-state index in [1.54, 1.807) is 0 Å². The third-order valence-corrected chi connectivity index (χ3v) is 3.60.